The highest BCUT2D eigenvalue weighted by atomic mass is 35.5. The maximum atomic E-state index is 13.1. The van der Waals surface area contributed by atoms with E-state index in [0.717, 1.165) is 5.56 Å². The number of nitro benzene ring substituents is 1. The smallest absolute Gasteiger partial charge is 0.273 e. The second-order valence-corrected chi connectivity index (χ2v) is 6.35. The molecule has 6 nitrogen and oxygen atoms in total. The van der Waals surface area contributed by atoms with Crippen molar-refractivity contribution in [3.05, 3.63) is 74.3 Å². The van der Waals surface area contributed by atoms with Gasteiger partial charge in [-0.25, -0.2) is 0 Å². The minimum atomic E-state index is -0.463. The Hall–Kier alpha value is -2.44. The van der Waals surface area contributed by atoms with Gasteiger partial charge in [0.05, 0.1) is 11.0 Å². The van der Waals surface area contributed by atoms with Gasteiger partial charge in [0.1, 0.15) is 0 Å². The van der Waals surface area contributed by atoms with Gasteiger partial charge in [-0.3, -0.25) is 14.9 Å². The third-order valence-corrected chi connectivity index (χ3v) is 4.84. The van der Waals surface area contributed by atoms with Crippen LogP contribution in [0.25, 0.3) is 0 Å². The van der Waals surface area contributed by atoms with E-state index in [0.29, 0.717) is 35.8 Å². The Morgan fingerprint density at radius 2 is 2.04 bits per heavy atom. The van der Waals surface area contributed by atoms with Gasteiger partial charge in [0.15, 0.2) is 0 Å². The summed E-state index contributed by atoms with van der Waals surface area (Å²) in [4.78, 5) is 25.6. The second kappa shape index (κ2) is 7.21. The summed E-state index contributed by atoms with van der Waals surface area (Å²) in [6, 6.07) is 11.8. The molecule has 1 aliphatic rings. The number of nitro groups is 1. The van der Waals surface area contributed by atoms with Crippen LogP contribution < -0.4 is 5.32 Å². The highest BCUT2D eigenvalue weighted by Crippen LogP contribution is 2.31. The number of hydrogen-bond donors (Lipinski definition) is 1. The van der Waals surface area contributed by atoms with Crippen LogP contribution in [0.3, 0.4) is 0 Å². The molecule has 0 saturated carbocycles. The van der Waals surface area contributed by atoms with Crippen LogP contribution in [0.15, 0.2) is 42.5 Å². The predicted molar refractivity (Wildman–Crippen MR) is 95.9 cm³/mol. The van der Waals surface area contributed by atoms with Gasteiger partial charge in [0.2, 0.25) is 0 Å². The highest BCUT2D eigenvalue weighted by molar-refractivity contribution is 6.31. The van der Waals surface area contributed by atoms with Crippen LogP contribution in [0.5, 0.6) is 0 Å². The summed E-state index contributed by atoms with van der Waals surface area (Å²) in [6.45, 7) is 3.37. The van der Waals surface area contributed by atoms with Crippen LogP contribution in [-0.2, 0) is 0 Å². The minimum absolute atomic E-state index is 0.0460. The first-order chi connectivity index (χ1) is 12.0. The number of carbonyl (C=O) groups is 1. The highest BCUT2D eigenvalue weighted by Gasteiger charge is 2.31. The van der Waals surface area contributed by atoms with E-state index in [2.05, 4.69) is 5.32 Å². The number of hydrogen-bond acceptors (Lipinski definition) is 4. The quantitative estimate of drug-likeness (QED) is 0.673. The molecule has 7 heteroatoms. The Bertz CT molecular complexity index is 825. The van der Waals surface area contributed by atoms with Crippen LogP contribution in [0.1, 0.15) is 27.5 Å². The van der Waals surface area contributed by atoms with Crippen molar-refractivity contribution in [1.82, 2.24) is 10.2 Å². The molecule has 0 aromatic heterocycles. The lowest BCUT2D eigenvalue weighted by molar-refractivity contribution is -0.385. The van der Waals surface area contributed by atoms with Crippen molar-refractivity contribution in [2.24, 2.45) is 0 Å². The predicted octanol–water partition coefficient (Wildman–Crippen LogP) is 3.34. The first kappa shape index (κ1) is 17.4. The zero-order chi connectivity index (χ0) is 18.0. The number of amides is 1. The van der Waals surface area contributed by atoms with Crippen molar-refractivity contribution >= 4 is 23.2 Å². The molecule has 3 rings (SSSR count). The number of carbonyl (C=O) groups excluding carboxylic acids is 1. The van der Waals surface area contributed by atoms with E-state index in [1.54, 1.807) is 30.0 Å². The molecule has 25 heavy (non-hydrogen) atoms. The average molecular weight is 360 g/mol. The van der Waals surface area contributed by atoms with Crippen molar-refractivity contribution in [3.8, 4) is 0 Å². The largest absolute Gasteiger partial charge is 0.329 e. The zero-order valence-corrected chi connectivity index (χ0v) is 14.5. The van der Waals surface area contributed by atoms with E-state index in [1.807, 2.05) is 18.2 Å². The van der Waals surface area contributed by atoms with Crippen molar-refractivity contribution < 1.29 is 9.72 Å². The van der Waals surface area contributed by atoms with E-state index in [4.69, 9.17) is 11.6 Å². The van der Waals surface area contributed by atoms with Crippen LogP contribution in [0, 0.1) is 17.0 Å². The number of rotatable bonds is 3. The Morgan fingerprint density at radius 1 is 1.28 bits per heavy atom. The summed E-state index contributed by atoms with van der Waals surface area (Å²) in [7, 11) is 0. The van der Waals surface area contributed by atoms with E-state index >= 15 is 0 Å². The fourth-order valence-corrected chi connectivity index (χ4v) is 3.44. The van der Waals surface area contributed by atoms with Crippen molar-refractivity contribution in [2.45, 2.75) is 13.0 Å². The third kappa shape index (κ3) is 3.36. The minimum Gasteiger partial charge on any atom is -0.329 e. The van der Waals surface area contributed by atoms with E-state index in [1.165, 1.54) is 6.07 Å². The van der Waals surface area contributed by atoms with Crippen LogP contribution in [0.2, 0.25) is 5.02 Å². The molecule has 1 fully saturated rings. The fourth-order valence-electron chi connectivity index (χ4n) is 3.18. The van der Waals surface area contributed by atoms with Crippen LogP contribution >= 0.6 is 11.6 Å². The first-order valence-corrected chi connectivity index (χ1v) is 8.38. The van der Waals surface area contributed by atoms with E-state index < -0.39 is 4.92 Å². The lowest BCUT2D eigenvalue weighted by Gasteiger charge is -2.37. The zero-order valence-electron chi connectivity index (χ0n) is 13.7. The average Bonchev–Trinajstić information content (AvgIpc) is 2.61. The molecule has 1 saturated heterocycles. The van der Waals surface area contributed by atoms with Gasteiger partial charge in [-0.2, -0.15) is 0 Å². The molecule has 1 heterocycles. The molecule has 2 aromatic carbocycles. The summed E-state index contributed by atoms with van der Waals surface area (Å²) < 4.78 is 0. The van der Waals surface area contributed by atoms with Gasteiger partial charge in [-0.05, 0) is 24.6 Å². The fraction of sp³-hybridized carbons (Fsp3) is 0.278. The number of nitrogens with one attached hydrogen (secondary N) is 1. The number of piperazine rings is 1. The van der Waals surface area contributed by atoms with Gasteiger partial charge >= 0.3 is 0 Å². The molecular weight excluding hydrogens is 342 g/mol. The Balaban J connectivity index is 1.99. The van der Waals surface area contributed by atoms with E-state index in [9.17, 15) is 14.9 Å². The maximum absolute atomic E-state index is 13.1. The van der Waals surface area contributed by atoms with Crippen molar-refractivity contribution in [3.63, 3.8) is 0 Å². The van der Waals surface area contributed by atoms with Crippen molar-refractivity contribution in [2.75, 3.05) is 19.6 Å². The SMILES string of the molecule is Cc1c(C(=O)N2CCNCC2c2ccccc2Cl)cccc1[N+](=O)[O-]. The van der Waals surface area contributed by atoms with Gasteiger partial charge in [-0.1, -0.05) is 35.9 Å². The molecule has 2 aromatic rings. The monoisotopic (exact) mass is 359 g/mol. The molecule has 1 unspecified atom stereocenters. The third-order valence-electron chi connectivity index (χ3n) is 4.50. The molecule has 0 spiro atoms. The van der Waals surface area contributed by atoms with E-state index in [-0.39, 0.29) is 17.6 Å². The summed E-state index contributed by atoms with van der Waals surface area (Å²) in [6.07, 6.45) is 0. The molecule has 130 valence electrons. The van der Waals surface area contributed by atoms with Crippen LogP contribution in [-0.4, -0.2) is 35.4 Å². The normalized spacial score (nSPS) is 17.4. The molecule has 0 radical (unpaired) electrons. The lowest BCUT2D eigenvalue weighted by Crippen LogP contribution is -2.49. The molecule has 1 amide bonds. The summed E-state index contributed by atoms with van der Waals surface area (Å²) in [5.41, 5.74) is 1.56. The second-order valence-electron chi connectivity index (χ2n) is 5.95. The molecule has 0 aliphatic carbocycles. The summed E-state index contributed by atoms with van der Waals surface area (Å²) >= 11 is 6.32. The summed E-state index contributed by atoms with van der Waals surface area (Å²) in [5.74, 6) is -0.215. The van der Waals surface area contributed by atoms with Gasteiger partial charge in [0, 0.05) is 41.9 Å². The molecule has 1 atom stereocenters. The Kier molecular flexibility index (Phi) is 5.01. The Morgan fingerprint density at radius 3 is 2.76 bits per heavy atom. The topological polar surface area (TPSA) is 75.5 Å². The molecule has 1 aliphatic heterocycles. The molecular formula is C18H18ClN3O3. The summed E-state index contributed by atoms with van der Waals surface area (Å²) in [5, 5.41) is 15.0. The standard InChI is InChI=1S/C18H18ClN3O3/c1-12-13(6-4-8-16(12)22(24)25)18(23)21-10-9-20-11-17(21)14-5-2-3-7-15(14)19/h2-8,17,20H,9-11H2,1H3. The Labute approximate surface area is 150 Å². The molecule has 0 bridgehead atoms. The number of halogens is 1. The number of nitrogens with zero attached hydrogens (tertiary/aromatic N) is 2. The van der Waals surface area contributed by atoms with Crippen molar-refractivity contribution in [1.29, 1.82) is 0 Å². The number of benzene rings is 2. The van der Waals surface area contributed by atoms with Gasteiger partial charge < -0.3 is 10.2 Å². The lowest BCUT2D eigenvalue weighted by atomic mass is 10.00. The van der Waals surface area contributed by atoms with Gasteiger partial charge in [0.25, 0.3) is 11.6 Å². The first-order valence-electron chi connectivity index (χ1n) is 8.01. The van der Waals surface area contributed by atoms with Crippen LogP contribution in [0.4, 0.5) is 5.69 Å². The maximum Gasteiger partial charge on any atom is 0.273 e. The molecule has 1 N–H and O–H groups in total. The van der Waals surface area contributed by atoms with Gasteiger partial charge in [-0.15, -0.1) is 0 Å².